The third-order valence-electron chi connectivity index (χ3n) is 4.02. The molecular formula is C18H21N7O2S2. The Morgan fingerprint density at radius 1 is 1.21 bits per heavy atom. The first-order valence-electron chi connectivity index (χ1n) is 8.84. The number of carbonyl (C=O) groups excluding carboxylic acids is 2. The fraction of sp³-hybridized carbons (Fsp3) is 0.333. The number of carbonyl (C=O) groups is 2. The molecule has 152 valence electrons. The van der Waals surface area contributed by atoms with Gasteiger partial charge in [-0.3, -0.25) is 14.9 Å². The number of amides is 2. The second-order valence-electron chi connectivity index (χ2n) is 6.39. The largest absolute Gasteiger partial charge is 0.345 e. The monoisotopic (exact) mass is 431 g/mol. The zero-order chi connectivity index (χ0) is 21.0. The van der Waals surface area contributed by atoms with Crippen LogP contribution in [0.2, 0.25) is 0 Å². The van der Waals surface area contributed by atoms with Gasteiger partial charge in [0.25, 0.3) is 5.91 Å². The number of hydrogen-bond donors (Lipinski definition) is 2. The van der Waals surface area contributed by atoms with E-state index in [1.54, 1.807) is 24.6 Å². The fourth-order valence-electron chi connectivity index (χ4n) is 2.42. The number of aromatic nitrogens is 5. The molecule has 1 aromatic carbocycles. The first-order valence-corrected chi connectivity index (χ1v) is 10.5. The Balaban J connectivity index is 1.57. The van der Waals surface area contributed by atoms with Gasteiger partial charge in [-0.1, -0.05) is 40.8 Å². The van der Waals surface area contributed by atoms with E-state index < -0.39 is 5.25 Å². The van der Waals surface area contributed by atoms with Gasteiger partial charge in [0.15, 0.2) is 11.0 Å². The summed E-state index contributed by atoms with van der Waals surface area (Å²) in [6.07, 6.45) is 0. The van der Waals surface area contributed by atoms with E-state index in [-0.39, 0.29) is 18.4 Å². The molecule has 3 rings (SSSR count). The summed E-state index contributed by atoms with van der Waals surface area (Å²) in [5.41, 5.74) is 1.62. The average Bonchev–Trinajstić information content (AvgIpc) is 3.25. The first-order chi connectivity index (χ1) is 13.8. The molecule has 0 spiro atoms. The van der Waals surface area contributed by atoms with Crippen molar-refractivity contribution < 1.29 is 9.59 Å². The van der Waals surface area contributed by atoms with Gasteiger partial charge in [0.1, 0.15) is 5.01 Å². The Morgan fingerprint density at radius 3 is 2.69 bits per heavy atom. The molecule has 0 aliphatic rings. The Kier molecular flexibility index (Phi) is 6.60. The van der Waals surface area contributed by atoms with Crippen LogP contribution in [0.1, 0.15) is 33.7 Å². The number of nitrogens with zero attached hydrogens (tertiary/aromatic N) is 5. The van der Waals surface area contributed by atoms with Crippen molar-refractivity contribution in [3.63, 3.8) is 0 Å². The van der Waals surface area contributed by atoms with Gasteiger partial charge in [0.05, 0.1) is 11.8 Å². The Hall–Kier alpha value is -2.79. The minimum Gasteiger partial charge on any atom is -0.345 e. The highest BCUT2D eigenvalue weighted by Crippen LogP contribution is 2.23. The Morgan fingerprint density at radius 2 is 2.00 bits per heavy atom. The van der Waals surface area contributed by atoms with E-state index in [2.05, 4.69) is 31.0 Å². The minimum atomic E-state index is -0.406. The molecule has 3 aromatic rings. The van der Waals surface area contributed by atoms with Crippen LogP contribution in [0.5, 0.6) is 0 Å². The number of aryl methyl sites for hydroxylation is 2. The topological polar surface area (TPSA) is 115 Å². The number of anilines is 1. The maximum absolute atomic E-state index is 12.3. The van der Waals surface area contributed by atoms with E-state index in [4.69, 9.17) is 0 Å². The second-order valence-corrected chi connectivity index (χ2v) is 8.88. The second kappa shape index (κ2) is 9.14. The van der Waals surface area contributed by atoms with E-state index in [1.807, 2.05) is 32.0 Å². The minimum absolute atomic E-state index is 0.175. The number of rotatable bonds is 7. The van der Waals surface area contributed by atoms with Crippen LogP contribution in [0.25, 0.3) is 0 Å². The highest BCUT2D eigenvalue weighted by Gasteiger charge is 2.20. The Bertz CT molecular complexity index is 1030. The lowest BCUT2D eigenvalue weighted by atomic mass is 10.1. The summed E-state index contributed by atoms with van der Waals surface area (Å²) in [7, 11) is 1.80. The van der Waals surface area contributed by atoms with Gasteiger partial charge in [-0.05, 0) is 32.9 Å². The number of thioether (sulfide) groups is 1. The normalized spacial score (nSPS) is 11.9. The molecule has 11 heteroatoms. The summed E-state index contributed by atoms with van der Waals surface area (Å²) in [5, 5.41) is 23.0. The maximum Gasteiger partial charge on any atom is 0.251 e. The van der Waals surface area contributed by atoms with Gasteiger partial charge < -0.3 is 9.88 Å². The molecule has 0 saturated heterocycles. The predicted octanol–water partition coefficient (Wildman–Crippen LogP) is 2.33. The lowest BCUT2D eigenvalue weighted by molar-refractivity contribution is -0.115. The Labute approximate surface area is 176 Å². The number of nitrogens with one attached hydrogen (secondary N) is 2. The van der Waals surface area contributed by atoms with Gasteiger partial charge in [-0.2, -0.15) is 0 Å². The van der Waals surface area contributed by atoms with Crippen LogP contribution in [0.15, 0.2) is 29.4 Å². The van der Waals surface area contributed by atoms with Gasteiger partial charge in [-0.25, -0.2) is 0 Å². The SMILES string of the molecule is Cc1cccc(C(=O)NCc2nnc(S[C@@H](C)C(=O)Nc3nnc(C)s3)n2C)c1. The van der Waals surface area contributed by atoms with Gasteiger partial charge in [0, 0.05) is 12.6 Å². The van der Waals surface area contributed by atoms with Crippen LogP contribution in [-0.4, -0.2) is 42.0 Å². The van der Waals surface area contributed by atoms with Crippen molar-refractivity contribution in [2.45, 2.75) is 37.7 Å². The van der Waals surface area contributed by atoms with Gasteiger partial charge in [-0.15, -0.1) is 20.4 Å². The van der Waals surface area contributed by atoms with E-state index in [9.17, 15) is 9.59 Å². The third-order valence-corrected chi connectivity index (χ3v) is 5.91. The summed E-state index contributed by atoms with van der Waals surface area (Å²) in [6.45, 7) is 5.78. The van der Waals surface area contributed by atoms with Crippen LogP contribution in [-0.2, 0) is 18.4 Å². The van der Waals surface area contributed by atoms with Crippen LogP contribution in [0.4, 0.5) is 5.13 Å². The van der Waals surface area contributed by atoms with Crippen molar-refractivity contribution in [3.05, 3.63) is 46.2 Å². The molecule has 1 atom stereocenters. The zero-order valence-electron chi connectivity index (χ0n) is 16.5. The molecule has 0 aliphatic carbocycles. The molecule has 9 nitrogen and oxygen atoms in total. The van der Waals surface area contributed by atoms with Crippen molar-refractivity contribution in [1.82, 2.24) is 30.3 Å². The number of hydrogen-bond acceptors (Lipinski definition) is 8. The van der Waals surface area contributed by atoms with E-state index in [0.29, 0.717) is 21.7 Å². The molecule has 0 unspecified atom stereocenters. The third kappa shape index (κ3) is 5.39. The zero-order valence-corrected chi connectivity index (χ0v) is 18.1. The highest BCUT2D eigenvalue weighted by atomic mass is 32.2. The van der Waals surface area contributed by atoms with E-state index in [1.165, 1.54) is 23.1 Å². The summed E-state index contributed by atoms with van der Waals surface area (Å²) in [6, 6.07) is 7.37. The van der Waals surface area contributed by atoms with Gasteiger partial charge >= 0.3 is 0 Å². The molecule has 2 aromatic heterocycles. The van der Waals surface area contributed by atoms with Crippen molar-refractivity contribution in [2.24, 2.45) is 7.05 Å². The van der Waals surface area contributed by atoms with Crippen LogP contribution in [0.3, 0.4) is 0 Å². The fourth-order valence-corrected chi connectivity index (χ4v) is 3.84. The number of benzene rings is 1. The van der Waals surface area contributed by atoms with Crippen LogP contribution < -0.4 is 10.6 Å². The van der Waals surface area contributed by atoms with E-state index in [0.717, 1.165) is 10.6 Å². The van der Waals surface area contributed by atoms with Crippen LogP contribution >= 0.6 is 23.1 Å². The van der Waals surface area contributed by atoms with Crippen molar-refractivity contribution in [3.8, 4) is 0 Å². The molecule has 2 N–H and O–H groups in total. The van der Waals surface area contributed by atoms with Gasteiger partial charge in [0.2, 0.25) is 11.0 Å². The first kappa shape index (κ1) is 20.9. The summed E-state index contributed by atoms with van der Waals surface area (Å²) >= 11 is 2.60. The van der Waals surface area contributed by atoms with Crippen molar-refractivity contribution in [2.75, 3.05) is 5.32 Å². The molecule has 0 fully saturated rings. The molecular weight excluding hydrogens is 410 g/mol. The molecule has 0 saturated carbocycles. The average molecular weight is 432 g/mol. The molecule has 0 aliphatic heterocycles. The summed E-state index contributed by atoms with van der Waals surface area (Å²) in [5.74, 6) is 0.232. The summed E-state index contributed by atoms with van der Waals surface area (Å²) < 4.78 is 1.76. The predicted molar refractivity (Wildman–Crippen MR) is 112 cm³/mol. The molecule has 2 heterocycles. The standard InChI is InChI=1S/C18H21N7O2S2/c1-10-6-5-7-13(8-10)16(27)19-9-14-22-24-18(25(14)4)28-11(2)15(26)20-17-23-21-12(3)29-17/h5-8,11H,9H2,1-4H3,(H,19,27)(H,20,23,26)/t11-/m0/s1. The molecule has 29 heavy (non-hydrogen) atoms. The van der Waals surface area contributed by atoms with E-state index >= 15 is 0 Å². The highest BCUT2D eigenvalue weighted by molar-refractivity contribution is 8.00. The van der Waals surface area contributed by atoms with Crippen molar-refractivity contribution in [1.29, 1.82) is 0 Å². The molecule has 0 bridgehead atoms. The molecule has 2 amide bonds. The van der Waals surface area contributed by atoms with Crippen LogP contribution in [0, 0.1) is 13.8 Å². The molecule has 0 radical (unpaired) electrons. The maximum atomic E-state index is 12.3. The smallest absolute Gasteiger partial charge is 0.251 e. The lowest BCUT2D eigenvalue weighted by Crippen LogP contribution is -2.25. The van der Waals surface area contributed by atoms with Crippen molar-refractivity contribution >= 4 is 40.0 Å². The lowest BCUT2D eigenvalue weighted by Gasteiger charge is -2.10. The summed E-state index contributed by atoms with van der Waals surface area (Å²) in [4.78, 5) is 24.6. The quantitative estimate of drug-likeness (QED) is 0.552.